The molecule has 13 heteroatoms. The van der Waals surface area contributed by atoms with Crippen molar-refractivity contribution in [2.75, 3.05) is 23.7 Å². The first-order valence-corrected chi connectivity index (χ1v) is 10.9. The SMILES string of the molecule is O=C(Nc1ccc(Cl)c(S(=O)(=O)C2CCNC2)c1O)Nc1cccc2c1OC(F)(F)O2. The van der Waals surface area contributed by atoms with Crippen molar-refractivity contribution >= 4 is 38.8 Å². The summed E-state index contributed by atoms with van der Waals surface area (Å²) in [6.45, 7) is 0.719. The molecule has 166 valence electrons. The lowest BCUT2D eigenvalue weighted by molar-refractivity contribution is -0.286. The first kappa shape index (κ1) is 21.4. The molecule has 4 N–H and O–H groups in total. The van der Waals surface area contributed by atoms with Gasteiger partial charge in [-0.3, -0.25) is 0 Å². The quantitative estimate of drug-likeness (QED) is 0.500. The van der Waals surface area contributed by atoms with Crippen molar-refractivity contribution in [1.82, 2.24) is 5.32 Å². The highest BCUT2D eigenvalue weighted by Gasteiger charge is 2.44. The number of fused-ring (bicyclic) bond motifs is 1. The second kappa shape index (κ2) is 7.70. The van der Waals surface area contributed by atoms with Crippen LogP contribution in [0.15, 0.2) is 35.2 Å². The van der Waals surface area contributed by atoms with Gasteiger partial charge in [-0.2, -0.15) is 0 Å². The normalized spacial score (nSPS) is 19.3. The van der Waals surface area contributed by atoms with Gasteiger partial charge in [0.15, 0.2) is 27.1 Å². The maximum Gasteiger partial charge on any atom is 0.586 e. The number of alkyl halides is 2. The van der Waals surface area contributed by atoms with Crippen LogP contribution < -0.4 is 25.4 Å². The summed E-state index contributed by atoms with van der Waals surface area (Å²) < 4.78 is 61.1. The van der Waals surface area contributed by atoms with Crippen molar-refractivity contribution in [1.29, 1.82) is 0 Å². The number of para-hydroxylation sites is 1. The highest BCUT2D eigenvalue weighted by atomic mass is 35.5. The minimum absolute atomic E-state index is 0.120. The van der Waals surface area contributed by atoms with E-state index in [0.29, 0.717) is 13.0 Å². The van der Waals surface area contributed by atoms with E-state index >= 15 is 0 Å². The van der Waals surface area contributed by atoms with Crippen LogP contribution in [0.1, 0.15) is 6.42 Å². The van der Waals surface area contributed by atoms with E-state index in [-0.39, 0.29) is 34.4 Å². The van der Waals surface area contributed by atoms with Gasteiger partial charge in [-0.1, -0.05) is 17.7 Å². The number of hydrogen-bond acceptors (Lipinski definition) is 7. The third kappa shape index (κ3) is 4.05. The van der Waals surface area contributed by atoms with Gasteiger partial charge in [-0.15, -0.1) is 8.78 Å². The number of amides is 2. The Kier molecular flexibility index (Phi) is 5.31. The molecule has 0 radical (unpaired) electrons. The zero-order valence-electron chi connectivity index (χ0n) is 15.6. The van der Waals surface area contributed by atoms with Crippen LogP contribution in [0.25, 0.3) is 0 Å². The Morgan fingerprint density at radius 1 is 1.19 bits per heavy atom. The molecule has 0 aromatic heterocycles. The van der Waals surface area contributed by atoms with Crippen LogP contribution in [0, 0.1) is 0 Å². The van der Waals surface area contributed by atoms with Crippen LogP contribution in [-0.4, -0.2) is 44.2 Å². The van der Waals surface area contributed by atoms with Gasteiger partial charge in [-0.25, -0.2) is 13.2 Å². The number of anilines is 2. The highest BCUT2D eigenvalue weighted by molar-refractivity contribution is 7.92. The molecule has 2 aromatic rings. The number of nitrogens with one attached hydrogen (secondary N) is 3. The molecule has 0 spiro atoms. The Morgan fingerprint density at radius 3 is 2.65 bits per heavy atom. The Hall–Kier alpha value is -2.83. The van der Waals surface area contributed by atoms with E-state index in [2.05, 4.69) is 25.4 Å². The van der Waals surface area contributed by atoms with Crippen molar-refractivity contribution in [2.45, 2.75) is 22.9 Å². The number of ether oxygens (including phenoxy) is 2. The van der Waals surface area contributed by atoms with Gasteiger partial charge < -0.3 is 30.5 Å². The smallest absolute Gasteiger partial charge is 0.504 e. The molecule has 2 aromatic carbocycles. The number of phenolic OH excluding ortho intramolecular Hbond substituents is 1. The molecule has 0 saturated carbocycles. The summed E-state index contributed by atoms with van der Waals surface area (Å²) in [5, 5.41) is 17.1. The van der Waals surface area contributed by atoms with Crippen LogP contribution >= 0.6 is 11.6 Å². The molecule has 1 atom stereocenters. The second-order valence-electron chi connectivity index (χ2n) is 6.81. The molecule has 2 aliphatic heterocycles. The van der Waals surface area contributed by atoms with E-state index in [1.54, 1.807) is 0 Å². The zero-order chi connectivity index (χ0) is 22.4. The van der Waals surface area contributed by atoms with Gasteiger partial charge in [-0.05, 0) is 37.2 Å². The molecule has 0 bridgehead atoms. The maximum atomic E-state index is 13.3. The van der Waals surface area contributed by atoms with Gasteiger partial charge in [0.2, 0.25) is 0 Å². The molecular formula is C18H16ClF2N3O6S. The third-order valence-corrected chi connectivity index (χ3v) is 7.44. The zero-order valence-corrected chi connectivity index (χ0v) is 17.2. The first-order chi connectivity index (χ1) is 14.6. The number of rotatable bonds is 4. The summed E-state index contributed by atoms with van der Waals surface area (Å²) in [5.74, 6) is -1.37. The standard InChI is InChI=1S/C18H16ClF2N3O6S/c19-10-4-5-11(14(25)16(10)31(27,28)9-6-7-22-8-9)23-17(26)24-12-2-1-3-13-15(12)30-18(20,21)29-13/h1-5,9,22,25H,6-8H2,(H2,23,24,26). The number of urea groups is 1. The van der Waals surface area contributed by atoms with E-state index < -0.39 is 38.1 Å². The largest absolute Gasteiger partial charge is 0.586 e. The molecule has 2 heterocycles. The Labute approximate surface area is 180 Å². The first-order valence-electron chi connectivity index (χ1n) is 9.01. The summed E-state index contributed by atoms with van der Waals surface area (Å²) in [4.78, 5) is 11.9. The fourth-order valence-corrected chi connectivity index (χ4v) is 5.61. The van der Waals surface area contributed by atoms with Gasteiger partial charge in [0.1, 0.15) is 4.90 Å². The monoisotopic (exact) mass is 475 g/mol. The fourth-order valence-electron chi connectivity index (χ4n) is 3.32. The minimum atomic E-state index is -3.97. The van der Waals surface area contributed by atoms with E-state index in [9.17, 15) is 27.1 Å². The third-order valence-electron chi connectivity index (χ3n) is 4.75. The van der Waals surface area contributed by atoms with Crippen LogP contribution in [0.4, 0.5) is 25.0 Å². The minimum Gasteiger partial charge on any atom is -0.504 e. The lowest BCUT2D eigenvalue weighted by atomic mass is 10.2. The number of carbonyl (C=O) groups is 1. The predicted molar refractivity (Wildman–Crippen MR) is 107 cm³/mol. The topological polar surface area (TPSA) is 126 Å². The van der Waals surface area contributed by atoms with Crippen molar-refractivity contribution < 1.29 is 36.6 Å². The molecule has 2 aliphatic rings. The van der Waals surface area contributed by atoms with Crippen LogP contribution in [0.3, 0.4) is 0 Å². The maximum absolute atomic E-state index is 13.3. The second-order valence-corrected chi connectivity index (χ2v) is 9.38. The molecule has 1 unspecified atom stereocenters. The predicted octanol–water partition coefficient (Wildman–Crippen LogP) is 3.15. The number of sulfone groups is 1. The molecular weight excluding hydrogens is 460 g/mol. The van der Waals surface area contributed by atoms with Crippen LogP contribution in [0.2, 0.25) is 5.02 Å². The van der Waals surface area contributed by atoms with Crippen molar-refractivity contribution in [3.63, 3.8) is 0 Å². The molecule has 9 nitrogen and oxygen atoms in total. The van der Waals surface area contributed by atoms with Crippen LogP contribution in [-0.2, 0) is 9.84 Å². The molecule has 0 aliphatic carbocycles. The average molecular weight is 476 g/mol. The van der Waals surface area contributed by atoms with E-state index in [0.717, 1.165) is 0 Å². The van der Waals surface area contributed by atoms with Crippen molar-refractivity contribution in [3.05, 3.63) is 35.4 Å². The summed E-state index contributed by atoms with van der Waals surface area (Å²) in [5.41, 5.74) is -0.355. The Bertz CT molecular complexity index is 1160. The fraction of sp³-hybridized carbons (Fsp3) is 0.278. The van der Waals surface area contributed by atoms with Crippen LogP contribution in [0.5, 0.6) is 17.2 Å². The summed E-state index contributed by atoms with van der Waals surface area (Å²) in [6.07, 6.45) is -3.52. The number of aromatic hydroxyl groups is 1. The van der Waals surface area contributed by atoms with Crippen molar-refractivity contribution in [2.24, 2.45) is 0 Å². The average Bonchev–Trinajstić information content (AvgIpc) is 3.31. The lowest BCUT2D eigenvalue weighted by Crippen LogP contribution is -2.26. The van der Waals surface area contributed by atoms with E-state index in [4.69, 9.17) is 11.6 Å². The number of hydrogen-bond donors (Lipinski definition) is 4. The van der Waals surface area contributed by atoms with E-state index in [1.165, 1.54) is 30.3 Å². The van der Waals surface area contributed by atoms with Crippen molar-refractivity contribution in [3.8, 4) is 17.2 Å². The summed E-state index contributed by atoms with van der Waals surface area (Å²) in [6, 6.07) is 5.39. The summed E-state index contributed by atoms with van der Waals surface area (Å²) in [7, 11) is -3.97. The van der Waals surface area contributed by atoms with Gasteiger partial charge in [0, 0.05) is 6.54 Å². The van der Waals surface area contributed by atoms with Gasteiger partial charge >= 0.3 is 12.3 Å². The lowest BCUT2D eigenvalue weighted by Gasteiger charge is -2.16. The summed E-state index contributed by atoms with van der Waals surface area (Å²) >= 11 is 6.03. The van der Waals surface area contributed by atoms with Gasteiger partial charge in [0.25, 0.3) is 0 Å². The number of halogens is 3. The molecule has 4 rings (SSSR count). The van der Waals surface area contributed by atoms with E-state index in [1.807, 2.05) is 0 Å². The molecule has 1 saturated heterocycles. The van der Waals surface area contributed by atoms with Gasteiger partial charge in [0.05, 0.1) is 21.6 Å². The number of phenols is 1. The highest BCUT2D eigenvalue weighted by Crippen LogP contribution is 2.46. The number of benzene rings is 2. The Morgan fingerprint density at radius 2 is 1.94 bits per heavy atom. The molecule has 2 amide bonds. The molecule has 31 heavy (non-hydrogen) atoms. The number of carbonyl (C=O) groups excluding carboxylic acids is 1. The Balaban J connectivity index is 1.57. The molecule has 1 fully saturated rings.